The van der Waals surface area contributed by atoms with E-state index in [0.29, 0.717) is 4.34 Å². The largest absolute Gasteiger partial charge is 0.277 e. The van der Waals surface area contributed by atoms with Crippen molar-refractivity contribution in [1.29, 1.82) is 0 Å². The van der Waals surface area contributed by atoms with E-state index in [-0.39, 0.29) is 10.6 Å². The van der Waals surface area contributed by atoms with Crippen molar-refractivity contribution < 1.29 is 13.2 Å². The molecule has 0 atom stereocenters. The number of sulfonamides is 1. The van der Waals surface area contributed by atoms with Gasteiger partial charge >= 0.3 is 0 Å². The molecular weight excluding hydrogens is 344 g/mol. The van der Waals surface area contributed by atoms with Crippen molar-refractivity contribution in [2.45, 2.75) is 23.1 Å². The average molecular weight is 358 g/mol. The van der Waals surface area contributed by atoms with Gasteiger partial charge in [0.25, 0.3) is 10.0 Å². The maximum absolute atomic E-state index is 12.0. The van der Waals surface area contributed by atoms with Crippen molar-refractivity contribution in [1.82, 2.24) is 20.5 Å². The second kappa shape index (κ2) is 7.18. The molecule has 0 aliphatic carbocycles. The van der Waals surface area contributed by atoms with Crippen molar-refractivity contribution in [3.05, 3.63) is 34.8 Å². The van der Waals surface area contributed by atoms with Gasteiger partial charge in [0, 0.05) is 0 Å². The summed E-state index contributed by atoms with van der Waals surface area (Å²) in [5.41, 5.74) is 3.12. The molecule has 1 aromatic carbocycles. The number of hydrazine groups is 1. The molecule has 118 valence electrons. The van der Waals surface area contributed by atoms with E-state index in [9.17, 15) is 13.2 Å². The number of carbonyl (C=O) groups is 1. The van der Waals surface area contributed by atoms with Crippen LogP contribution >= 0.6 is 23.1 Å². The number of nitrogens with one attached hydrogen (secondary N) is 2. The first-order valence-corrected chi connectivity index (χ1v) is 9.45. The van der Waals surface area contributed by atoms with Gasteiger partial charge in [-0.15, -0.1) is 15.0 Å². The minimum absolute atomic E-state index is 0.0467. The number of benzene rings is 1. The van der Waals surface area contributed by atoms with E-state index < -0.39 is 15.9 Å². The first-order chi connectivity index (χ1) is 10.4. The van der Waals surface area contributed by atoms with Crippen molar-refractivity contribution >= 4 is 39.0 Å². The van der Waals surface area contributed by atoms with Crippen molar-refractivity contribution in [3.63, 3.8) is 0 Å². The lowest BCUT2D eigenvalue weighted by Gasteiger charge is -2.08. The number of hydrogen-bond donors (Lipinski definition) is 2. The maximum Gasteiger partial charge on any atom is 0.257 e. The fourth-order valence-corrected chi connectivity index (χ4v) is 3.88. The zero-order valence-electron chi connectivity index (χ0n) is 11.9. The van der Waals surface area contributed by atoms with E-state index in [4.69, 9.17) is 0 Å². The van der Waals surface area contributed by atoms with Crippen molar-refractivity contribution in [3.8, 4) is 0 Å². The van der Waals surface area contributed by atoms with Gasteiger partial charge in [-0.1, -0.05) is 40.8 Å². The molecule has 22 heavy (non-hydrogen) atoms. The third-order valence-electron chi connectivity index (χ3n) is 2.49. The summed E-state index contributed by atoms with van der Waals surface area (Å²) in [6.45, 7) is 3.68. The quantitative estimate of drug-likeness (QED) is 0.595. The smallest absolute Gasteiger partial charge is 0.257 e. The summed E-state index contributed by atoms with van der Waals surface area (Å²) in [6.07, 6.45) is 0. The number of nitrogens with zero attached hydrogens (tertiary/aromatic N) is 2. The van der Waals surface area contributed by atoms with Crippen LogP contribution in [0, 0.1) is 13.8 Å². The van der Waals surface area contributed by atoms with Crippen LogP contribution in [0.1, 0.15) is 10.6 Å². The molecule has 0 aliphatic heterocycles. The molecule has 0 radical (unpaired) electrons. The lowest BCUT2D eigenvalue weighted by Crippen LogP contribution is -2.42. The van der Waals surface area contributed by atoms with E-state index >= 15 is 0 Å². The van der Waals surface area contributed by atoms with Crippen molar-refractivity contribution in [2.24, 2.45) is 0 Å². The van der Waals surface area contributed by atoms with Gasteiger partial charge in [0.05, 0.1) is 10.6 Å². The molecule has 0 bridgehead atoms. The lowest BCUT2D eigenvalue weighted by molar-refractivity contribution is -0.119. The lowest BCUT2D eigenvalue weighted by atomic mass is 10.2. The summed E-state index contributed by atoms with van der Waals surface area (Å²) >= 11 is 2.57. The van der Waals surface area contributed by atoms with E-state index in [2.05, 4.69) is 20.5 Å². The van der Waals surface area contributed by atoms with E-state index in [1.165, 1.54) is 35.2 Å². The van der Waals surface area contributed by atoms with Crippen LogP contribution in [0.4, 0.5) is 0 Å². The van der Waals surface area contributed by atoms with Crippen LogP contribution in [0.15, 0.2) is 33.5 Å². The van der Waals surface area contributed by atoms with Crippen LogP contribution in [0.3, 0.4) is 0 Å². The van der Waals surface area contributed by atoms with Crippen LogP contribution in [0.5, 0.6) is 0 Å². The van der Waals surface area contributed by atoms with Gasteiger partial charge in [0.2, 0.25) is 5.91 Å². The van der Waals surface area contributed by atoms with Gasteiger partial charge in [-0.25, -0.2) is 8.42 Å². The molecule has 2 aromatic rings. The number of thioether (sulfide) groups is 1. The highest BCUT2D eigenvalue weighted by atomic mass is 32.2. The summed E-state index contributed by atoms with van der Waals surface area (Å²) in [5, 5.41) is 8.50. The van der Waals surface area contributed by atoms with Crippen LogP contribution in [0.25, 0.3) is 0 Å². The second-order valence-electron chi connectivity index (χ2n) is 4.34. The fraction of sp³-hybridized carbons (Fsp3) is 0.250. The van der Waals surface area contributed by atoms with Gasteiger partial charge in [0.1, 0.15) is 5.01 Å². The van der Waals surface area contributed by atoms with Crippen LogP contribution in [-0.2, 0) is 14.8 Å². The van der Waals surface area contributed by atoms with Gasteiger partial charge < -0.3 is 0 Å². The minimum atomic E-state index is -3.77. The topological polar surface area (TPSA) is 101 Å². The summed E-state index contributed by atoms with van der Waals surface area (Å²) in [4.78, 5) is 13.8. The predicted molar refractivity (Wildman–Crippen MR) is 85.0 cm³/mol. The Morgan fingerprint density at radius 3 is 2.50 bits per heavy atom. The van der Waals surface area contributed by atoms with Gasteiger partial charge in [-0.2, -0.15) is 0 Å². The number of carbonyl (C=O) groups excluding carboxylic acids is 1. The fourth-order valence-electron chi connectivity index (χ4n) is 1.40. The third kappa shape index (κ3) is 4.77. The minimum Gasteiger partial charge on any atom is -0.277 e. The van der Waals surface area contributed by atoms with Gasteiger partial charge in [-0.3, -0.25) is 10.2 Å². The van der Waals surface area contributed by atoms with E-state index in [1.807, 2.05) is 13.8 Å². The average Bonchev–Trinajstić information content (AvgIpc) is 2.89. The van der Waals surface area contributed by atoms with Crippen molar-refractivity contribution in [2.75, 3.05) is 5.75 Å². The first kappa shape index (κ1) is 16.9. The maximum atomic E-state index is 12.0. The Balaban J connectivity index is 1.86. The highest BCUT2D eigenvalue weighted by Crippen LogP contribution is 2.21. The Labute approximate surface area is 136 Å². The Bertz CT molecular complexity index is 756. The SMILES string of the molecule is Cc1ccc(S(=O)(=O)NNC(=O)CSc2nnc(C)s2)cc1. The molecule has 1 aromatic heterocycles. The molecule has 2 rings (SSSR count). The summed E-state index contributed by atoms with van der Waals surface area (Å²) < 4.78 is 24.6. The summed E-state index contributed by atoms with van der Waals surface area (Å²) in [6, 6.07) is 6.32. The Hall–Kier alpha value is -1.49. The van der Waals surface area contributed by atoms with Crippen LogP contribution in [0.2, 0.25) is 0 Å². The predicted octanol–water partition coefficient (Wildman–Crippen LogP) is 1.26. The molecular formula is C12H14N4O3S3. The number of rotatable bonds is 6. The molecule has 0 saturated heterocycles. The summed E-state index contributed by atoms with van der Waals surface area (Å²) in [5.74, 6) is -0.418. The Morgan fingerprint density at radius 1 is 1.23 bits per heavy atom. The van der Waals surface area contributed by atoms with E-state index in [0.717, 1.165) is 10.6 Å². The molecule has 0 aliphatic rings. The van der Waals surface area contributed by atoms with Crippen LogP contribution < -0.4 is 10.3 Å². The molecule has 1 amide bonds. The molecule has 0 spiro atoms. The normalized spacial score (nSPS) is 11.4. The van der Waals surface area contributed by atoms with E-state index in [1.54, 1.807) is 12.1 Å². The molecule has 10 heteroatoms. The number of aromatic nitrogens is 2. The highest BCUT2D eigenvalue weighted by Gasteiger charge is 2.15. The third-order valence-corrected chi connectivity index (χ3v) is 5.73. The zero-order valence-corrected chi connectivity index (χ0v) is 14.3. The standard InChI is InChI=1S/C12H14N4O3S3/c1-8-3-5-10(6-4-8)22(18,19)16-14-11(17)7-20-12-15-13-9(2)21-12/h3-6,16H,7H2,1-2H3,(H,14,17). The first-order valence-electron chi connectivity index (χ1n) is 6.17. The molecule has 2 N–H and O–H groups in total. The van der Waals surface area contributed by atoms with Gasteiger partial charge in [0.15, 0.2) is 4.34 Å². The Morgan fingerprint density at radius 2 is 1.91 bits per heavy atom. The second-order valence-corrected chi connectivity index (χ2v) is 8.43. The molecule has 1 heterocycles. The molecule has 0 saturated carbocycles. The Kier molecular flexibility index (Phi) is 5.51. The monoisotopic (exact) mass is 358 g/mol. The van der Waals surface area contributed by atoms with Gasteiger partial charge in [-0.05, 0) is 26.0 Å². The zero-order chi connectivity index (χ0) is 16.2. The molecule has 0 unspecified atom stereocenters. The number of aryl methyl sites for hydroxylation is 2. The number of amides is 1. The number of hydrogen-bond acceptors (Lipinski definition) is 7. The molecule has 0 fully saturated rings. The van der Waals surface area contributed by atoms with Crippen LogP contribution in [-0.4, -0.2) is 30.3 Å². The highest BCUT2D eigenvalue weighted by molar-refractivity contribution is 8.01. The summed E-state index contributed by atoms with van der Waals surface area (Å²) in [7, 11) is -3.77. The molecule has 7 nitrogen and oxygen atoms in total.